The topological polar surface area (TPSA) is 96.7 Å². The number of fused-ring (bicyclic) bond motifs is 1. The molecule has 1 aliphatic heterocycles. The van der Waals surface area contributed by atoms with Gasteiger partial charge in [-0.25, -0.2) is 4.79 Å². The van der Waals surface area contributed by atoms with Crippen LogP contribution in [-0.2, 0) is 4.79 Å². The van der Waals surface area contributed by atoms with E-state index in [1.54, 1.807) is 56.3 Å². The molecular weight excluding hydrogens is 384 g/mol. The minimum absolute atomic E-state index is 0.152. The number of carbonyl (C=O) groups excluding carboxylic acids is 3. The maximum Gasteiger partial charge on any atom is 0.335 e. The maximum absolute atomic E-state index is 13.0. The van der Waals surface area contributed by atoms with Crippen molar-refractivity contribution in [2.75, 3.05) is 7.11 Å². The molecule has 0 aromatic heterocycles. The maximum atomic E-state index is 13.0. The lowest BCUT2D eigenvalue weighted by Crippen LogP contribution is -2.49. The molecule has 0 saturated carbocycles. The van der Waals surface area contributed by atoms with Gasteiger partial charge in [0.25, 0.3) is 11.8 Å². The molecule has 2 aromatic rings. The van der Waals surface area contributed by atoms with Crippen LogP contribution in [0.2, 0.25) is 0 Å². The van der Waals surface area contributed by atoms with Gasteiger partial charge in [0.1, 0.15) is 6.04 Å². The molecule has 0 N–H and O–H groups in total. The van der Waals surface area contributed by atoms with Crippen LogP contribution in [0, 0.1) is 17.2 Å². The van der Waals surface area contributed by atoms with Crippen LogP contribution in [0.3, 0.4) is 0 Å². The number of nitrogens with zero attached hydrogens (tertiary/aromatic N) is 2. The molecule has 7 nitrogen and oxygen atoms in total. The van der Waals surface area contributed by atoms with Crippen LogP contribution in [0.1, 0.15) is 40.1 Å². The van der Waals surface area contributed by atoms with Gasteiger partial charge in [-0.2, -0.15) is 5.26 Å². The predicted molar refractivity (Wildman–Crippen MR) is 109 cm³/mol. The van der Waals surface area contributed by atoms with Crippen LogP contribution < -0.4 is 9.47 Å². The number of benzene rings is 2. The largest absolute Gasteiger partial charge is 0.493 e. The van der Waals surface area contributed by atoms with E-state index in [0.717, 1.165) is 4.90 Å². The third-order valence-electron chi connectivity index (χ3n) is 4.73. The van der Waals surface area contributed by atoms with E-state index in [4.69, 9.17) is 14.7 Å². The van der Waals surface area contributed by atoms with Crippen molar-refractivity contribution >= 4 is 23.9 Å². The van der Waals surface area contributed by atoms with Crippen molar-refractivity contribution in [3.63, 3.8) is 0 Å². The highest BCUT2D eigenvalue weighted by molar-refractivity contribution is 6.22. The summed E-state index contributed by atoms with van der Waals surface area (Å²) in [4.78, 5) is 39.6. The number of hydrogen-bond donors (Lipinski definition) is 0. The third kappa shape index (κ3) is 3.80. The fourth-order valence-electron chi connectivity index (χ4n) is 3.31. The van der Waals surface area contributed by atoms with E-state index in [-0.39, 0.29) is 28.5 Å². The van der Waals surface area contributed by atoms with Crippen LogP contribution in [0.5, 0.6) is 11.5 Å². The van der Waals surface area contributed by atoms with E-state index in [1.807, 2.05) is 6.07 Å². The second-order valence-corrected chi connectivity index (χ2v) is 7.01. The Morgan fingerprint density at radius 3 is 2.23 bits per heavy atom. The lowest BCUT2D eigenvalue weighted by Gasteiger charge is -2.27. The first-order valence-corrected chi connectivity index (χ1v) is 9.31. The van der Waals surface area contributed by atoms with Crippen molar-refractivity contribution in [2.24, 2.45) is 5.92 Å². The zero-order chi connectivity index (χ0) is 21.8. The number of methoxy groups -OCH3 is 1. The molecular formula is C23H20N2O5. The van der Waals surface area contributed by atoms with E-state index >= 15 is 0 Å². The van der Waals surface area contributed by atoms with Gasteiger partial charge in [0.15, 0.2) is 11.5 Å². The number of allylic oxidation sites excluding steroid dienone is 1. The summed E-state index contributed by atoms with van der Waals surface area (Å²) >= 11 is 0. The van der Waals surface area contributed by atoms with Crippen molar-refractivity contribution in [1.82, 2.24) is 4.90 Å². The van der Waals surface area contributed by atoms with E-state index < -0.39 is 23.8 Å². The average Bonchev–Trinajstić information content (AvgIpc) is 2.98. The number of rotatable bonds is 6. The molecule has 1 aliphatic rings. The van der Waals surface area contributed by atoms with Crippen LogP contribution in [0.25, 0.3) is 6.08 Å². The smallest absolute Gasteiger partial charge is 0.335 e. The van der Waals surface area contributed by atoms with E-state index in [9.17, 15) is 14.4 Å². The van der Waals surface area contributed by atoms with Crippen molar-refractivity contribution in [2.45, 2.75) is 19.9 Å². The quantitative estimate of drug-likeness (QED) is 0.317. The van der Waals surface area contributed by atoms with Crippen molar-refractivity contribution < 1.29 is 23.9 Å². The van der Waals surface area contributed by atoms with Crippen molar-refractivity contribution in [1.29, 1.82) is 5.26 Å². The van der Waals surface area contributed by atoms with Gasteiger partial charge in [0, 0.05) is 6.08 Å². The predicted octanol–water partition coefficient (Wildman–Crippen LogP) is 3.46. The summed E-state index contributed by atoms with van der Waals surface area (Å²) in [6, 6.07) is 12.1. The summed E-state index contributed by atoms with van der Waals surface area (Å²) < 4.78 is 10.8. The van der Waals surface area contributed by atoms with Gasteiger partial charge < -0.3 is 9.47 Å². The molecule has 0 aliphatic carbocycles. The zero-order valence-electron chi connectivity index (χ0n) is 16.8. The molecule has 1 atom stereocenters. The number of hydrogen-bond acceptors (Lipinski definition) is 6. The lowest BCUT2D eigenvalue weighted by atomic mass is 10.0. The Kier molecular flexibility index (Phi) is 5.98. The second-order valence-electron chi connectivity index (χ2n) is 7.01. The van der Waals surface area contributed by atoms with Gasteiger partial charge in [0.05, 0.1) is 24.3 Å². The molecule has 2 amide bonds. The third-order valence-corrected chi connectivity index (χ3v) is 4.73. The minimum atomic E-state index is -1.10. The Morgan fingerprint density at radius 1 is 1.07 bits per heavy atom. The Bertz CT molecular complexity index is 1050. The fraction of sp³-hybridized carbons (Fsp3) is 0.217. The van der Waals surface area contributed by atoms with Gasteiger partial charge in [-0.3, -0.25) is 14.5 Å². The summed E-state index contributed by atoms with van der Waals surface area (Å²) in [7, 11) is 1.43. The first kappa shape index (κ1) is 20.8. The van der Waals surface area contributed by atoms with Crippen molar-refractivity contribution in [3.05, 3.63) is 65.2 Å². The molecule has 3 rings (SSSR count). The Balaban J connectivity index is 1.89. The highest BCUT2D eigenvalue weighted by Gasteiger charge is 2.44. The first-order valence-electron chi connectivity index (χ1n) is 9.31. The summed E-state index contributed by atoms with van der Waals surface area (Å²) in [5.74, 6) is -1.71. The molecule has 7 heteroatoms. The molecule has 152 valence electrons. The molecule has 1 unspecified atom stereocenters. The number of imide groups is 1. The number of carbonyl (C=O) groups is 3. The summed E-state index contributed by atoms with van der Waals surface area (Å²) in [5.41, 5.74) is 1.23. The molecule has 0 bridgehead atoms. The standard InChI is InChI=1S/C23H20N2O5/c1-14(2)20(25-21(26)16-8-4-5-9-17(16)22(25)27)23(28)30-18-11-10-15(7-6-12-24)13-19(18)29-3/h4-11,13-14,20H,1-3H3/b7-6-. The number of nitriles is 1. The van der Waals surface area contributed by atoms with Gasteiger partial charge in [-0.05, 0) is 41.8 Å². The number of esters is 1. The van der Waals surface area contributed by atoms with Crippen LogP contribution in [0.15, 0.2) is 48.5 Å². The molecule has 2 aromatic carbocycles. The Hall–Kier alpha value is -3.92. The average molecular weight is 404 g/mol. The Labute approximate surface area is 174 Å². The highest BCUT2D eigenvalue weighted by atomic mass is 16.6. The summed E-state index contributed by atoms with van der Waals surface area (Å²) in [6.07, 6.45) is 2.90. The van der Waals surface area contributed by atoms with Crippen molar-refractivity contribution in [3.8, 4) is 17.6 Å². The van der Waals surface area contributed by atoms with Crippen LogP contribution >= 0.6 is 0 Å². The molecule has 0 saturated heterocycles. The molecule has 0 spiro atoms. The van der Waals surface area contributed by atoms with Gasteiger partial charge >= 0.3 is 5.97 Å². The lowest BCUT2D eigenvalue weighted by molar-refractivity contribution is -0.140. The van der Waals surface area contributed by atoms with Gasteiger partial charge in [-0.15, -0.1) is 0 Å². The molecule has 30 heavy (non-hydrogen) atoms. The van der Waals surface area contributed by atoms with Gasteiger partial charge in [-0.1, -0.05) is 32.0 Å². The Morgan fingerprint density at radius 2 is 1.70 bits per heavy atom. The first-order chi connectivity index (χ1) is 14.4. The molecule has 0 fully saturated rings. The fourth-order valence-corrected chi connectivity index (χ4v) is 3.31. The van der Waals surface area contributed by atoms with E-state index in [1.165, 1.54) is 19.3 Å². The van der Waals surface area contributed by atoms with Crippen LogP contribution in [-0.4, -0.2) is 35.8 Å². The minimum Gasteiger partial charge on any atom is -0.493 e. The van der Waals surface area contributed by atoms with Crippen LogP contribution in [0.4, 0.5) is 0 Å². The monoisotopic (exact) mass is 404 g/mol. The normalized spacial score (nSPS) is 14.0. The molecule has 0 radical (unpaired) electrons. The highest BCUT2D eigenvalue weighted by Crippen LogP contribution is 2.32. The number of ether oxygens (including phenoxy) is 2. The van der Waals surface area contributed by atoms with E-state index in [2.05, 4.69) is 0 Å². The molecule has 1 heterocycles. The summed E-state index contributed by atoms with van der Waals surface area (Å²) in [5, 5.41) is 8.66. The van der Waals surface area contributed by atoms with Gasteiger partial charge in [0.2, 0.25) is 0 Å². The SMILES string of the molecule is COc1cc(/C=C\C#N)ccc1OC(=O)C(C(C)C)N1C(=O)c2ccccc2C1=O. The van der Waals surface area contributed by atoms with E-state index in [0.29, 0.717) is 5.56 Å². The zero-order valence-corrected chi connectivity index (χ0v) is 16.8. The summed E-state index contributed by atoms with van der Waals surface area (Å²) in [6.45, 7) is 3.48. The number of amides is 2. The second kappa shape index (κ2) is 8.62.